The van der Waals surface area contributed by atoms with Crippen LogP contribution >= 0.6 is 23.4 Å². The highest BCUT2D eigenvalue weighted by Gasteiger charge is 2.32. The number of benzene rings is 1. The molecule has 0 radical (unpaired) electrons. The summed E-state index contributed by atoms with van der Waals surface area (Å²) in [7, 11) is 0. The number of nitriles is 1. The van der Waals surface area contributed by atoms with Crippen molar-refractivity contribution in [3.8, 4) is 6.07 Å². The Morgan fingerprint density at radius 3 is 2.60 bits per heavy atom. The molecular formula is C12H9ClF3NO2S. The summed E-state index contributed by atoms with van der Waals surface area (Å²) in [5.41, 5.74) is -4.83. The highest BCUT2D eigenvalue weighted by atomic mass is 35.5. The molecule has 0 unspecified atom stereocenters. The summed E-state index contributed by atoms with van der Waals surface area (Å²) in [5.74, 6) is -0.927. The van der Waals surface area contributed by atoms with Crippen molar-refractivity contribution in [2.45, 2.75) is 23.2 Å². The van der Waals surface area contributed by atoms with Crippen LogP contribution < -0.4 is 0 Å². The number of ether oxygens (including phenoxy) is 1. The van der Waals surface area contributed by atoms with E-state index >= 15 is 0 Å². The highest BCUT2D eigenvalue weighted by molar-refractivity contribution is 8.00. The average molecular weight is 324 g/mol. The van der Waals surface area contributed by atoms with Gasteiger partial charge in [0.2, 0.25) is 0 Å². The molecule has 20 heavy (non-hydrogen) atoms. The molecule has 0 bridgehead atoms. The predicted octanol–water partition coefficient (Wildman–Crippen LogP) is 4.09. The second-order valence-corrected chi connectivity index (χ2v) is 4.90. The molecule has 0 aliphatic heterocycles. The normalized spacial score (nSPS) is 11.0. The quantitative estimate of drug-likeness (QED) is 0.476. The summed E-state index contributed by atoms with van der Waals surface area (Å²) >= 11 is 5.14. The zero-order valence-corrected chi connectivity index (χ0v) is 11.8. The van der Waals surface area contributed by atoms with Crippen LogP contribution in [0.25, 0.3) is 0 Å². The molecule has 0 amide bonds. The minimum atomic E-state index is -4.57. The van der Waals surface area contributed by atoms with Crippen LogP contribution in [0.4, 0.5) is 13.2 Å². The second-order valence-electron chi connectivity index (χ2n) is 3.53. The van der Waals surface area contributed by atoms with Crippen LogP contribution in [0.15, 0.2) is 17.0 Å². The lowest BCUT2D eigenvalue weighted by Crippen LogP contribution is -2.10. The molecular weight excluding hydrogens is 315 g/mol. The van der Waals surface area contributed by atoms with Crippen LogP contribution in [0, 0.1) is 11.3 Å². The lowest BCUT2D eigenvalue weighted by atomic mass is 10.1. The van der Waals surface area contributed by atoms with Gasteiger partial charge < -0.3 is 4.74 Å². The fourth-order valence-electron chi connectivity index (χ4n) is 1.44. The van der Waals surface area contributed by atoms with E-state index in [2.05, 4.69) is 0 Å². The van der Waals surface area contributed by atoms with E-state index in [1.807, 2.05) is 0 Å². The number of rotatable bonds is 4. The first-order valence-corrected chi connectivity index (χ1v) is 6.73. The van der Waals surface area contributed by atoms with Crippen molar-refractivity contribution >= 4 is 29.3 Å². The van der Waals surface area contributed by atoms with E-state index in [-0.39, 0.29) is 28.5 Å². The zero-order valence-electron chi connectivity index (χ0n) is 10.3. The Labute approximate surface area is 122 Å². The van der Waals surface area contributed by atoms with Crippen LogP contribution in [0.2, 0.25) is 0 Å². The molecule has 1 rings (SSSR count). The van der Waals surface area contributed by atoms with Gasteiger partial charge in [-0.15, -0.1) is 11.6 Å². The van der Waals surface area contributed by atoms with E-state index in [9.17, 15) is 18.0 Å². The lowest BCUT2D eigenvalue weighted by Gasteiger charge is -2.12. The van der Waals surface area contributed by atoms with Gasteiger partial charge in [-0.25, -0.2) is 4.79 Å². The summed E-state index contributed by atoms with van der Waals surface area (Å²) in [6, 6.07) is 4.03. The standard InChI is InChI=1S/C12H9ClF3NO2S/c1-2-19-11(18)8-3-7(5-13)4-10(9(8)6-17)20-12(14,15)16/h3-4H,2,5H2,1H3. The van der Waals surface area contributed by atoms with Gasteiger partial charge in [0.1, 0.15) is 6.07 Å². The summed E-state index contributed by atoms with van der Waals surface area (Å²) in [4.78, 5) is 11.3. The first-order valence-electron chi connectivity index (χ1n) is 5.38. The van der Waals surface area contributed by atoms with Crippen molar-refractivity contribution in [3.63, 3.8) is 0 Å². The van der Waals surface area contributed by atoms with Gasteiger partial charge in [-0.2, -0.15) is 18.4 Å². The third-order valence-corrected chi connectivity index (χ3v) is 3.23. The Kier molecular flexibility index (Phi) is 5.72. The fraction of sp³-hybridized carbons (Fsp3) is 0.333. The maximum Gasteiger partial charge on any atom is 0.446 e. The number of alkyl halides is 4. The van der Waals surface area contributed by atoms with Crippen LogP contribution in [-0.2, 0) is 10.6 Å². The predicted molar refractivity (Wildman–Crippen MR) is 68.6 cm³/mol. The Balaban J connectivity index is 3.40. The minimum absolute atomic E-state index is 0.0521. The first kappa shape index (κ1) is 16.7. The van der Waals surface area contributed by atoms with Gasteiger partial charge in [-0.1, -0.05) is 0 Å². The topological polar surface area (TPSA) is 50.1 Å². The first-order chi connectivity index (χ1) is 9.32. The number of nitrogens with zero attached hydrogens (tertiary/aromatic N) is 1. The van der Waals surface area contributed by atoms with Gasteiger partial charge >= 0.3 is 11.5 Å². The van der Waals surface area contributed by atoms with Crippen LogP contribution in [-0.4, -0.2) is 18.1 Å². The molecule has 0 N–H and O–H groups in total. The number of carbonyl (C=O) groups excluding carboxylic acids is 1. The fourth-order valence-corrected chi connectivity index (χ4v) is 2.31. The maximum atomic E-state index is 12.5. The number of halogens is 4. The molecule has 8 heteroatoms. The number of hydrogen-bond acceptors (Lipinski definition) is 4. The van der Waals surface area contributed by atoms with Gasteiger partial charge in [0.25, 0.3) is 0 Å². The largest absolute Gasteiger partial charge is 0.462 e. The molecule has 0 heterocycles. The highest BCUT2D eigenvalue weighted by Crippen LogP contribution is 2.40. The van der Waals surface area contributed by atoms with Gasteiger partial charge in [0, 0.05) is 10.8 Å². The molecule has 0 atom stereocenters. The summed E-state index contributed by atoms with van der Waals surface area (Å²) in [5, 5.41) is 9.01. The monoisotopic (exact) mass is 323 g/mol. The van der Waals surface area contributed by atoms with E-state index in [1.54, 1.807) is 13.0 Å². The zero-order chi connectivity index (χ0) is 15.3. The van der Waals surface area contributed by atoms with E-state index in [4.69, 9.17) is 21.6 Å². The molecule has 1 aromatic carbocycles. The Morgan fingerprint density at radius 1 is 1.50 bits per heavy atom. The van der Waals surface area contributed by atoms with Gasteiger partial charge in [0.15, 0.2) is 0 Å². The molecule has 0 saturated carbocycles. The summed E-state index contributed by atoms with van der Waals surface area (Å²) < 4.78 is 42.2. The summed E-state index contributed by atoms with van der Waals surface area (Å²) in [6.07, 6.45) is 0. The second kappa shape index (κ2) is 6.86. The van der Waals surface area contributed by atoms with E-state index in [1.165, 1.54) is 6.07 Å². The number of esters is 1. The van der Waals surface area contributed by atoms with Gasteiger partial charge in [-0.3, -0.25) is 0 Å². The third-order valence-electron chi connectivity index (χ3n) is 2.15. The molecule has 3 nitrogen and oxygen atoms in total. The van der Waals surface area contributed by atoms with Crippen molar-refractivity contribution in [3.05, 3.63) is 28.8 Å². The van der Waals surface area contributed by atoms with E-state index in [0.717, 1.165) is 6.07 Å². The number of thioether (sulfide) groups is 1. The Morgan fingerprint density at radius 2 is 2.15 bits per heavy atom. The summed E-state index contributed by atoms with van der Waals surface area (Å²) in [6.45, 7) is 1.61. The van der Waals surface area contributed by atoms with Gasteiger partial charge in [-0.05, 0) is 36.4 Å². The molecule has 0 aliphatic carbocycles. The average Bonchev–Trinajstić information content (AvgIpc) is 2.36. The molecule has 1 aromatic rings. The third kappa shape index (κ3) is 4.32. The Bertz CT molecular complexity index is 555. The van der Waals surface area contributed by atoms with Crippen molar-refractivity contribution < 1.29 is 22.7 Å². The van der Waals surface area contributed by atoms with Crippen molar-refractivity contribution in [2.75, 3.05) is 6.61 Å². The molecule has 108 valence electrons. The SMILES string of the molecule is CCOC(=O)c1cc(CCl)cc(SC(F)(F)F)c1C#N. The van der Waals surface area contributed by atoms with E-state index < -0.39 is 23.2 Å². The smallest absolute Gasteiger partial charge is 0.446 e. The van der Waals surface area contributed by atoms with Gasteiger partial charge in [0.05, 0.1) is 17.7 Å². The lowest BCUT2D eigenvalue weighted by molar-refractivity contribution is -0.0328. The number of carbonyl (C=O) groups is 1. The molecule has 0 aliphatic rings. The minimum Gasteiger partial charge on any atom is -0.462 e. The molecule has 0 fully saturated rings. The van der Waals surface area contributed by atoms with Crippen LogP contribution in [0.3, 0.4) is 0 Å². The van der Waals surface area contributed by atoms with Crippen LogP contribution in [0.5, 0.6) is 0 Å². The molecule has 0 spiro atoms. The van der Waals surface area contributed by atoms with Crippen molar-refractivity contribution in [1.29, 1.82) is 5.26 Å². The maximum absolute atomic E-state index is 12.5. The van der Waals surface area contributed by atoms with Crippen LogP contribution in [0.1, 0.15) is 28.4 Å². The van der Waals surface area contributed by atoms with Crippen molar-refractivity contribution in [1.82, 2.24) is 0 Å². The Hall–Kier alpha value is -1.39. The van der Waals surface area contributed by atoms with E-state index in [0.29, 0.717) is 5.56 Å². The van der Waals surface area contributed by atoms with Crippen molar-refractivity contribution in [2.24, 2.45) is 0 Å². The molecule has 0 aromatic heterocycles. The molecule has 0 saturated heterocycles. The number of hydrogen-bond donors (Lipinski definition) is 0.